The molecule has 3 heteroatoms. The summed E-state index contributed by atoms with van der Waals surface area (Å²) in [6.45, 7) is 4.58. The smallest absolute Gasteiger partial charge is 0.234 e. The van der Waals surface area contributed by atoms with Crippen LogP contribution in [0, 0.1) is 0 Å². The lowest BCUT2D eigenvalue weighted by molar-refractivity contribution is -0.119. The average molecular weight is 206 g/mol. The Kier molecular flexibility index (Phi) is 4.31. The first-order valence-corrected chi connectivity index (χ1v) is 5.24. The Morgan fingerprint density at radius 1 is 1.40 bits per heavy atom. The molecule has 1 rings (SSSR count). The fourth-order valence-electron chi connectivity index (χ4n) is 1.44. The summed E-state index contributed by atoms with van der Waals surface area (Å²) in [5.41, 5.74) is 7.71. The number of amides is 1. The van der Waals surface area contributed by atoms with Crippen molar-refractivity contribution in [2.75, 3.05) is 0 Å². The van der Waals surface area contributed by atoms with E-state index < -0.39 is 0 Å². The maximum absolute atomic E-state index is 10.8. The lowest BCUT2D eigenvalue weighted by atomic mass is 10.1. The molecule has 0 heterocycles. The molecule has 1 unspecified atom stereocenters. The van der Waals surface area contributed by atoms with Gasteiger partial charge in [0.05, 0.1) is 6.04 Å². The quantitative estimate of drug-likeness (QED) is 0.761. The van der Waals surface area contributed by atoms with Gasteiger partial charge < -0.3 is 11.1 Å². The Hall–Kier alpha value is -1.35. The molecule has 3 nitrogen and oxygen atoms in total. The summed E-state index contributed by atoms with van der Waals surface area (Å²) < 4.78 is 0. The summed E-state index contributed by atoms with van der Waals surface area (Å²) in [5, 5.41) is 3.10. The van der Waals surface area contributed by atoms with Gasteiger partial charge in [0.2, 0.25) is 5.91 Å². The Morgan fingerprint density at radius 2 is 2.00 bits per heavy atom. The number of aryl methyl sites for hydroxylation is 1. The number of primary amides is 1. The fraction of sp³-hybridized carbons (Fsp3) is 0.417. The van der Waals surface area contributed by atoms with Gasteiger partial charge in [0.1, 0.15) is 0 Å². The average Bonchev–Trinajstić information content (AvgIpc) is 2.26. The van der Waals surface area contributed by atoms with E-state index in [0.29, 0.717) is 6.54 Å². The molecule has 1 aromatic carbocycles. The molecule has 82 valence electrons. The first-order chi connectivity index (χ1) is 7.15. The van der Waals surface area contributed by atoms with Crippen molar-refractivity contribution in [2.45, 2.75) is 32.9 Å². The fourth-order valence-corrected chi connectivity index (χ4v) is 1.44. The van der Waals surface area contributed by atoms with Crippen LogP contribution in [-0.4, -0.2) is 11.9 Å². The molecule has 0 aliphatic rings. The first kappa shape index (κ1) is 11.7. The lowest BCUT2D eigenvalue weighted by Crippen LogP contribution is -2.38. The zero-order chi connectivity index (χ0) is 11.3. The number of hydrogen-bond acceptors (Lipinski definition) is 2. The third kappa shape index (κ3) is 3.36. The molecule has 0 saturated carbocycles. The molecule has 3 N–H and O–H groups in total. The molecule has 0 aliphatic heterocycles. The van der Waals surface area contributed by atoms with E-state index >= 15 is 0 Å². The highest BCUT2D eigenvalue weighted by Gasteiger charge is 2.07. The summed E-state index contributed by atoms with van der Waals surface area (Å²) in [6, 6.07) is 7.92. The van der Waals surface area contributed by atoms with Crippen molar-refractivity contribution in [1.29, 1.82) is 0 Å². The van der Waals surface area contributed by atoms with Crippen LogP contribution in [0.25, 0.3) is 0 Å². The molecule has 15 heavy (non-hydrogen) atoms. The van der Waals surface area contributed by atoms with E-state index in [1.165, 1.54) is 11.1 Å². The summed E-state index contributed by atoms with van der Waals surface area (Å²) in [6.07, 6.45) is 1.00. The Labute approximate surface area is 90.7 Å². The van der Waals surface area contributed by atoms with Gasteiger partial charge >= 0.3 is 0 Å². The molecule has 0 bridgehead atoms. The van der Waals surface area contributed by atoms with Crippen molar-refractivity contribution in [1.82, 2.24) is 5.32 Å². The number of rotatable bonds is 5. The standard InChI is InChI=1S/C12H18N2O/c1-3-10-6-4-5-7-11(10)8-14-9(2)12(13)15/h4-7,9,14H,3,8H2,1-2H3,(H2,13,15). The van der Waals surface area contributed by atoms with Gasteiger partial charge in [-0.05, 0) is 24.5 Å². The molecular formula is C12H18N2O. The second-order valence-electron chi connectivity index (χ2n) is 3.63. The van der Waals surface area contributed by atoms with Crippen LogP contribution in [0.1, 0.15) is 25.0 Å². The molecule has 0 spiro atoms. The predicted octanol–water partition coefficient (Wildman–Crippen LogP) is 1.21. The van der Waals surface area contributed by atoms with Crippen molar-refractivity contribution < 1.29 is 4.79 Å². The maximum Gasteiger partial charge on any atom is 0.234 e. The number of nitrogens with two attached hydrogens (primary N) is 1. The van der Waals surface area contributed by atoms with Gasteiger partial charge in [-0.1, -0.05) is 31.2 Å². The summed E-state index contributed by atoms with van der Waals surface area (Å²) in [4.78, 5) is 10.8. The van der Waals surface area contributed by atoms with E-state index in [9.17, 15) is 4.79 Å². The first-order valence-electron chi connectivity index (χ1n) is 5.24. The minimum absolute atomic E-state index is 0.282. The van der Waals surface area contributed by atoms with Crippen molar-refractivity contribution in [3.05, 3.63) is 35.4 Å². The van der Waals surface area contributed by atoms with Crippen LogP contribution in [0.3, 0.4) is 0 Å². The Morgan fingerprint density at radius 3 is 2.53 bits per heavy atom. The Bertz CT molecular complexity index is 336. The number of hydrogen-bond donors (Lipinski definition) is 2. The van der Waals surface area contributed by atoms with Crippen molar-refractivity contribution >= 4 is 5.91 Å². The second kappa shape index (κ2) is 5.51. The van der Waals surface area contributed by atoms with Gasteiger partial charge in [0.15, 0.2) is 0 Å². The number of nitrogens with one attached hydrogen (secondary N) is 1. The maximum atomic E-state index is 10.8. The minimum atomic E-state index is -0.316. The monoisotopic (exact) mass is 206 g/mol. The minimum Gasteiger partial charge on any atom is -0.368 e. The number of benzene rings is 1. The molecule has 0 saturated heterocycles. The van der Waals surface area contributed by atoms with E-state index in [2.05, 4.69) is 24.4 Å². The molecule has 0 aliphatic carbocycles. The summed E-state index contributed by atoms with van der Waals surface area (Å²) in [5.74, 6) is -0.316. The molecule has 1 aromatic rings. The zero-order valence-electron chi connectivity index (χ0n) is 9.29. The summed E-state index contributed by atoms with van der Waals surface area (Å²) >= 11 is 0. The van der Waals surface area contributed by atoms with Crippen LogP contribution in [-0.2, 0) is 17.8 Å². The lowest BCUT2D eigenvalue weighted by Gasteiger charge is -2.12. The molecule has 1 atom stereocenters. The van der Waals surface area contributed by atoms with Crippen LogP contribution in [0.15, 0.2) is 24.3 Å². The number of carbonyl (C=O) groups is 1. The van der Waals surface area contributed by atoms with Gasteiger partial charge in [0, 0.05) is 6.54 Å². The molecule has 0 fully saturated rings. The molecular weight excluding hydrogens is 188 g/mol. The van der Waals surface area contributed by atoms with E-state index in [4.69, 9.17) is 5.73 Å². The van der Waals surface area contributed by atoms with Crippen LogP contribution in [0.2, 0.25) is 0 Å². The highest BCUT2D eigenvalue weighted by Crippen LogP contribution is 2.09. The highest BCUT2D eigenvalue weighted by atomic mass is 16.1. The van der Waals surface area contributed by atoms with Gasteiger partial charge in [-0.3, -0.25) is 4.79 Å². The topological polar surface area (TPSA) is 55.1 Å². The van der Waals surface area contributed by atoms with Crippen LogP contribution >= 0.6 is 0 Å². The normalized spacial score (nSPS) is 12.4. The van der Waals surface area contributed by atoms with Gasteiger partial charge in [-0.15, -0.1) is 0 Å². The van der Waals surface area contributed by atoms with Crippen LogP contribution in [0.5, 0.6) is 0 Å². The van der Waals surface area contributed by atoms with E-state index in [-0.39, 0.29) is 11.9 Å². The van der Waals surface area contributed by atoms with Crippen LogP contribution in [0.4, 0.5) is 0 Å². The third-order valence-corrected chi connectivity index (χ3v) is 2.52. The highest BCUT2D eigenvalue weighted by molar-refractivity contribution is 5.79. The van der Waals surface area contributed by atoms with E-state index in [0.717, 1.165) is 6.42 Å². The van der Waals surface area contributed by atoms with Crippen LogP contribution < -0.4 is 11.1 Å². The van der Waals surface area contributed by atoms with E-state index in [1.54, 1.807) is 6.92 Å². The third-order valence-electron chi connectivity index (χ3n) is 2.52. The SMILES string of the molecule is CCc1ccccc1CNC(C)C(N)=O. The predicted molar refractivity (Wildman–Crippen MR) is 61.3 cm³/mol. The Balaban J connectivity index is 2.60. The molecule has 0 radical (unpaired) electrons. The van der Waals surface area contributed by atoms with E-state index in [1.807, 2.05) is 12.1 Å². The summed E-state index contributed by atoms with van der Waals surface area (Å²) in [7, 11) is 0. The molecule has 1 amide bonds. The van der Waals surface area contributed by atoms with Crippen molar-refractivity contribution in [3.8, 4) is 0 Å². The van der Waals surface area contributed by atoms with Crippen molar-refractivity contribution in [3.63, 3.8) is 0 Å². The van der Waals surface area contributed by atoms with Gasteiger partial charge in [-0.25, -0.2) is 0 Å². The number of carbonyl (C=O) groups excluding carboxylic acids is 1. The van der Waals surface area contributed by atoms with Crippen molar-refractivity contribution in [2.24, 2.45) is 5.73 Å². The zero-order valence-corrected chi connectivity index (χ0v) is 9.29. The molecule has 0 aromatic heterocycles. The largest absolute Gasteiger partial charge is 0.368 e. The van der Waals surface area contributed by atoms with Gasteiger partial charge in [-0.2, -0.15) is 0 Å². The van der Waals surface area contributed by atoms with Gasteiger partial charge in [0.25, 0.3) is 0 Å². The second-order valence-corrected chi connectivity index (χ2v) is 3.63.